The van der Waals surface area contributed by atoms with Gasteiger partial charge in [-0.05, 0) is 37.4 Å². The lowest BCUT2D eigenvalue weighted by Crippen LogP contribution is -2.43. The summed E-state index contributed by atoms with van der Waals surface area (Å²) in [5.41, 5.74) is 1.79. The monoisotopic (exact) mass is 322 g/mol. The SMILES string of the molecule is CC1CCN(Cc2cc([N+](=O)[O-])cc3c2NC(O)C(O)N3)CC1. The Morgan fingerprint density at radius 2 is 1.91 bits per heavy atom. The van der Waals surface area contributed by atoms with Gasteiger partial charge >= 0.3 is 0 Å². The third kappa shape index (κ3) is 3.39. The van der Waals surface area contributed by atoms with E-state index in [4.69, 9.17) is 0 Å². The molecule has 0 bridgehead atoms. The Kier molecular flexibility index (Phi) is 4.38. The first kappa shape index (κ1) is 16.0. The molecule has 2 heterocycles. The predicted octanol–water partition coefficient (Wildman–Crippen LogP) is 1.30. The van der Waals surface area contributed by atoms with E-state index in [1.165, 1.54) is 12.1 Å². The van der Waals surface area contributed by atoms with Crippen molar-refractivity contribution in [2.24, 2.45) is 5.92 Å². The minimum atomic E-state index is -1.20. The van der Waals surface area contributed by atoms with Gasteiger partial charge in [-0.3, -0.25) is 15.0 Å². The first-order valence-corrected chi connectivity index (χ1v) is 7.87. The summed E-state index contributed by atoms with van der Waals surface area (Å²) < 4.78 is 0. The summed E-state index contributed by atoms with van der Waals surface area (Å²) in [7, 11) is 0. The molecule has 0 amide bonds. The van der Waals surface area contributed by atoms with Crippen LogP contribution in [0.1, 0.15) is 25.3 Å². The molecule has 1 fully saturated rings. The molecule has 1 saturated heterocycles. The van der Waals surface area contributed by atoms with Crippen LogP contribution in [0, 0.1) is 16.0 Å². The molecular formula is C15H22N4O4. The summed E-state index contributed by atoms with van der Waals surface area (Å²) in [4.78, 5) is 13.0. The number of hydrogen-bond acceptors (Lipinski definition) is 7. The van der Waals surface area contributed by atoms with Gasteiger partial charge < -0.3 is 20.8 Å². The van der Waals surface area contributed by atoms with Crippen LogP contribution in [-0.4, -0.2) is 45.6 Å². The quantitative estimate of drug-likeness (QED) is 0.490. The third-order valence-corrected chi connectivity index (χ3v) is 4.58. The van der Waals surface area contributed by atoms with E-state index >= 15 is 0 Å². The van der Waals surface area contributed by atoms with Gasteiger partial charge in [-0.15, -0.1) is 0 Å². The average molecular weight is 322 g/mol. The number of nitro benzene ring substituents is 1. The Morgan fingerprint density at radius 3 is 2.57 bits per heavy atom. The molecule has 0 spiro atoms. The van der Waals surface area contributed by atoms with E-state index in [2.05, 4.69) is 22.5 Å². The molecule has 8 nitrogen and oxygen atoms in total. The number of nitrogens with zero attached hydrogens (tertiary/aromatic N) is 2. The number of benzene rings is 1. The first-order valence-electron chi connectivity index (χ1n) is 7.87. The zero-order valence-electron chi connectivity index (χ0n) is 13.0. The van der Waals surface area contributed by atoms with Gasteiger partial charge in [0.1, 0.15) is 0 Å². The highest BCUT2D eigenvalue weighted by atomic mass is 16.6. The smallest absolute Gasteiger partial charge is 0.271 e. The molecule has 23 heavy (non-hydrogen) atoms. The number of aliphatic hydroxyl groups is 2. The van der Waals surface area contributed by atoms with Crippen LogP contribution >= 0.6 is 0 Å². The van der Waals surface area contributed by atoms with Crippen LogP contribution in [0.2, 0.25) is 0 Å². The second-order valence-corrected chi connectivity index (χ2v) is 6.42. The number of fused-ring (bicyclic) bond motifs is 1. The van der Waals surface area contributed by atoms with Crippen molar-refractivity contribution in [2.75, 3.05) is 23.7 Å². The van der Waals surface area contributed by atoms with Gasteiger partial charge in [-0.2, -0.15) is 0 Å². The van der Waals surface area contributed by atoms with E-state index in [0.717, 1.165) is 31.5 Å². The highest BCUT2D eigenvalue weighted by Crippen LogP contribution is 2.36. The number of rotatable bonds is 3. The van der Waals surface area contributed by atoms with E-state index in [-0.39, 0.29) is 5.69 Å². The second-order valence-electron chi connectivity index (χ2n) is 6.42. The molecule has 2 aliphatic rings. The van der Waals surface area contributed by atoms with Crippen molar-refractivity contribution in [3.63, 3.8) is 0 Å². The van der Waals surface area contributed by atoms with Crippen molar-refractivity contribution in [3.05, 3.63) is 27.8 Å². The van der Waals surface area contributed by atoms with Crippen molar-refractivity contribution >= 4 is 17.1 Å². The van der Waals surface area contributed by atoms with Crippen LogP contribution in [0.3, 0.4) is 0 Å². The lowest BCUT2D eigenvalue weighted by atomic mass is 9.98. The van der Waals surface area contributed by atoms with Gasteiger partial charge in [0.2, 0.25) is 0 Å². The van der Waals surface area contributed by atoms with Gasteiger partial charge in [-0.1, -0.05) is 6.92 Å². The molecule has 0 radical (unpaired) electrons. The minimum Gasteiger partial charge on any atom is -0.369 e. The number of anilines is 2. The molecule has 0 saturated carbocycles. The molecule has 0 aliphatic carbocycles. The van der Waals surface area contributed by atoms with Crippen molar-refractivity contribution < 1.29 is 15.1 Å². The highest BCUT2D eigenvalue weighted by Gasteiger charge is 2.28. The molecule has 2 aliphatic heterocycles. The highest BCUT2D eigenvalue weighted by molar-refractivity contribution is 5.78. The summed E-state index contributed by atoms with van der Waals surface area (Å²) in [6.07, 6.45) is -0.119. The van der Waals surface area contributed by atoms with Gasteiger partial charge in [0.15, 0.2) is 12.5 Å². The number of aliphatic hydroxyl groups excluding tert-OH is 2. The normalized spacial score (nSPS) is 25.3. The lowest BCUT2D eigenvalue weighted by molar-refractivity contribution is -0.384. The number of non-ortho nitro benzene ring substituents is 1. The summed E-state index contributed by atoms with van der Waals surface area (Å²) >= 11 is 0. The van der Waals surface area contributed by atoms with Gasteiger partial charge in [-0.25, -0.2) is 0 Å². The van der Waals surface area contributed by atoms with Crippen LogP contribution in [0.15, 0.2) is 12.1 Å². The molecule has 8 heteroatoms. The summed E-state index contributed by atoms with van der Waals surface area (Å²) in [6.45, 7) is 4.72. The molecule has 4 N–H and O–H groups in total. The molecule has 3 rings (SSSR count). The maximum atomic E-state index is 11.2. The third-order valence-electron chi connectivity index (χ3n) is 4.58. The average Bonchev–Trinajstić information content (AvgIpc) is 2.51. The largest absolute Gasteiger partial charge is 0.369 e. The summed E-state index contributed by atoms with van der Waals surface area (Å²) in [5, 5.41) is 36.2. The summed E-state index contributed by atoms with van der Waals surface area (Å²) in [5.74, 6) is 0.710. The zero-order chi connectivity index (χ0) is 16.6. The van der Waals surface area contributed by atoms with Crippen LogP contribution in [-0.2, 0) is 6.54 Å². The fourth-order valence-corrected chi connectivity index (χ4v) is 3.13. The van der Waals surface area contributed by atoms with Crippen LogP contribution in [0.4, 0.5) is 17.1 Å². The molecule has 2 atom stereocenters. The van der Waals surface area contributed by atoms with Crippen molar-refractivity contribution in [1.82, 2.24) is 4.90 Å². The molecule has 126 valence electrons. The zero-order valence-corrected chi connectivity index (χ0v) is 13.0. The second kappa shape index (κ2) is 6.31. The van der Waals surface area contributed by atoms with Crippen LogP contribution in [0.5, 0.6) is 0 Å². The number of hydrogen-bond donors (Lipinski definition) is 4. The number of likely N-dealkylation sites (tertiary alicyclic amines) is 1. The molecule has 1 aromatic carbocycles. The Bertz CT molecular complexity index is 601. The molecule has 1 aromatic rings. The fourth-order valence-electron chi connectivity index (χ4n) is 3.13. The fraction of sp³-hybridized carbons (Fsp3) is 0.600. The minimum absolute atomic E-state index is 0.0259. The summed E-state index contributed by atoms with van der Waals surface area (Å²) in [6, 6.07) is 2.91. The van der Waals surface area contributed by atoms with Gasteiger partial charge in [0, 0.05) is 18.7 Å². The van der Waals surface area contributed by atoms with E-state index in [9.17, 15) is 20.3 Å². The van der Waals surface area contributed by atoms with E-state index in [1.807, 2.05) is 0 Å². The topological polar surface area (TPSA) is 111 Å². The maximum absolute atomic E-state index is 11.2. The Labute approximate surface area is 134 Å². The Morgan fingerprint density at radius 1 is 1.26 bits per heavy atom. The van der Waals surface area contributed by atoms with E-state index in [0.29, 0.717) is 23.8 Å². The first-order chi connectivity index (χ1) is 10.9. The van der Waals surface area contributed by atoms with E-state index < -0.39 is 17.4 Å². The predicted molar refractivity (Wildman–Crippen MR) is 86.0 cm³/mol. The van der Waals surface area contributed by atoms with Gasteiger partial charge in [0.05, 0.1) is 16.3 Å². The van der Waals surface area contributed by atoms with Gasteiger partial charge in [0.25, 0.3) is 5.69 Å². The Balaban J connectivity index is 1.89. The van der Waals surface area contributed by atoms with Crippen LogP contribution < -0.4 is 10.6 Å². The molecular weight excluding hydrogens is 300 g/mol. The Hall–Kier alpha value is -1.90. The number of nitro groups is 1. The molecule has 2 unspecified atom stereocenters. The van der Waals surface area contributed by atoms with E-state index in [1.54, 1.807) is 0 Å². The number of piperidine rings is 1. The van der Waals surface area contributed by atoms with Crippen LogP contribution in [0.25, 0.3) is 0 Å². The lowest BCUT2D eigenvalue weighted by Gasteiger charge is -2.34. The molecule has 0 aromatic heterocycles. The number of nitrogens with one attached hydrogen (secondary N) is 2. The van der Waals surface area contributed by atoms with Crippen molar-refractivity contribution in [1.29, 1.82) is 0 Å². The van der Waals surface area contributed by atoms with Crippen molar-refractivity contribution in [2.45, 2.75) is 38.8 Å². The van der Waals surface area contributed by atoms with Crippen molar-refractivity contribution in [3.8, 4) is 0 Å². The maximum Gasteiger partial charge on any atom is 0.271 e. The standard InChI is InChI=1S/C15H22N4O4/c1-9-2-4-18(5-3-9)8-10-6-11(19(22)23)7-12-13(10)17-15(21)14(20)16-12/h6-7,9,14-17,20-21H,2-5,8H2,1H3.